The fraction of sp³-hybridized carbons (Fsp3) is 0.600. The van der Waals surface area contributed by atoms with Gasteiger partial charge in [-0.15, -0.1) is 0 Å². The van der Waals surface area contributed by atoms with E-state index in [0.29, 0.717) is 0 Å². The lowest BCUT2D eigenvalue weighted by Gasteiger charge is -2.25. The van der Waals surface area contributed by atoms with Crippen molar-refractivity contribution in [1.82, 2.24) is 4.90 Å². The number of likely N-dealkylation sites (tertiary alicyclic amines) is 1. The van der Waals surface area contributed by atoms with E-state index in [1.807, 2.05) is 6.92 Å². The molecule has 1 heterocycles. The van der Waals surface area contributed by atoms with Crippen LogP contribution >= 0.6 is 15.9 Å². The third kappa shape index (κ3) is 3.71. The molecule has 0 aromatic heterocycles. The number of rotatable bonds is 4. The van der Waals surface area contributed by atoms with Gasteiger partial charge in [0.1, 0.15) is 0 Å². The number of nitrogens with zero attached hydrogens (tertiary/aromatic N) is 2. The predicted molar refractivity (Wildman–Crippen MR) is 85.6 cm³/mol. The van der Waals surface area contributed by atoms with E-state index in [-0.39, 0.29) is 6.04 Å². The fourth-order valence-corrected chi connectivity index (χ4v) is 3.48. The Balaban J connectivity index is 2.04. The lowest BCUT2D eigenvalue weighted by atomic mass is 10.1. The third-order valence-electron chi connectivity index (χ3n) is 3.93. The molecule has 2 atom stereocenters. The molecule has 1 fully saturated rings. The smallest absolute Gasteiger partial charge is 0.0508 e. The highest BCUT2D eigenvalue weighted by atomic mass is 79.9. The van der Waals surface area contributed by atoms with Gasteiger partial charge in [-0.2, -0.15) is 0 Å². The van der Waals surface area contributed by atoms with Crippen molar-refractivity contribution in [3.05, 3.63) is 28.2 Å². The van der Waals surface area contributed by atoms with Crippen LogP contribution in [-0.4, -0.2) is 38.6 Å². The highest BCUT2D eigenvalue weighted by Crippen LogP contribution is 2.29. The van der Waals surface area contributed by atoms with E-state index >= 15 is 0 Å². The Kier molecular flexibility index (Phi) is 4.87. The minimum Gasteiger partial charge on any atom is -0.373 e. The molecular formula is C15H24BrN3. The summed E-state index contributed by atoms with van der Waals surface area (Å²) in [6.45, 7) is 5.56. The first-order chi connectivity index (χ1) is 8.97. The van der Waals surface area contributed by atoms with Gasteiger partial charge in [0.2, 0.25) is 0 Å². The number of halogens is 1. The molecule has 1 aromatic carbocycles. The van der Waals surface area contributed by atoms with Crippen LogP contribution in [0.2, 0.25) is 0 Å². The Morgan fingerprint density at radius 3 is 2.79 bits per heavy atom. The maximum atomic E-state index is 5.92. The van der Waals surface area contributed by atoms with Gasteiger partial charge in [0.05, 0.1) is 5.69 Å². The van der Waals surface area contributed by atoms with Crippen LogP contribution in [-0.2, 0) is 0 Å². The second kappa shape index (κ2) is 6.25. The fourth-order valence-electron chi connectivity index (χ4n) is 2.78. The highest BCUT2D eigenvalue weighted by molar-refractivity contribution is 9.10. The van der Waals surface area contributed by atoms with Gasteiger partial charge in [0, 0.05) is 30.7 Å². The van der Waals surface area contributed by atoms with Gasteiger partial charge >= 0.3 is 0 Å². The predicted octanol–water partition coefficient (Wildman–Crippen LogP) is 2.86. The third-order valence-corrected chi connectivity index (χ3v) is 4.56. The first-order valence-corrected chi connectivity index (χ1v) is 7.71. The van der Waals surface area contributed by atoms with E-state index in [4.69, 9.17) is 5.73 Å². The van der Waals surface area contributed by atoms with Crippen molar-refractivity contribution in [3.63, 3.8) is 0 Å². The molecule has 0 amide bonds. The molecule has 0 radical (unpaired) electrons. The number of nitrogens with two attached hydrogens (primary N) is 1. The van der Waals surface area contributed by atoms with Crippen molar-refractivity contribution in [1.29, 1.82) is 0 Å². The van der Waals surface area contributed by atoms with Gasteiger partial charge in [-0.05, 0) is 66.5 Å². The van der Waals surface area contributed by atoms with Crippen molar-refractivity contribution >= 4 is 21.6 Å². The second-order valence-corrected chi connectivity index (χ2v) is 6.65. The molecule has 3 nitrogen and oxygen atoms in total. The molecule has 19 heavy (non-hydrogen) atoms. The number of hydrogen-bond donors (Lipinski definition) is 1. The van der Waals surface area contributed by atoms with Crippen LogP contribution < -0.4 is 10.6 Å². The summed E-state index contributed by atoms with van der Waals surface area (Å²) in [5.41, 5.74) is 8.34. The standard InChI is InChI=1S/C15H24BrN3/c1-11(17)13-4-5-15(14(16)8-13)19(3)10-12-6-7-18(2)9-12/h4-5,8,11-12H,6-7,9-10,17H2,1-3H3/t11-,12?/m1/s1. The van der Waals surface area contributed by atoms with Gasteiger partial charge in [-0.1, -0.05) is 6.07 Å². The maximum Gasteiger partial charge on any atom is 0.0508 e. The van der Waals surface area contributed by atoms with Gasteiger partial charge in [0.25, 0.3) is 0 Å². The van der Waals surface area contributed by atoms with E-state index in [0.717, 1.165) is 16.9 Å². The molecule has 2 N–H and O–H groups in total. The zero-order chi connectivity index (χ0) is 14.0. The molecule has 0 aliphatic carbocycles. The summed E-state index contributed by atoms with van der Waals surface area (Å²) in [5.74, 6) is 0.773. The van der Waals surface area contributed by atoms with Crippen LogP contribution in [0, 0.1) is 5.92 Å². The molecule has 1 aliphatic heterocycles. The van der Waals surface area contributed by atoms with Crippen LogP contribution in [0.3, 0.4) is 0 Å². The molecular weight excluding hydrogens is 302 g/mol. The van der Waals surface area contributed by atoms with E-state index in [1.165, 1.54) is 30.8 Å². The summed E-state index contributed by atoms with van der Waals surface area (Å²) >= 11 is 3.67. The van der Waals surface area contributed by atoms with Crippen LogP contribution in [0.5, 0.6) is 0 Å². The number of benzene rings is 1. The summed E-state index contributed by atoms with van der Waals surface area (Å²) in [4.78, 5) is 4.76. The monoisotopic (exact) mass is 325 g/mol. The molecule has 0 saturated carbocycles. The zero-order valence-corrected chi connectivity index (χ0v) is 13.7. The van der Waals surface area contributed by atoms with Crippen molar-refractivity contribution in [3.8, 4) is 0 Å². The van der Waals surface area contributed by atoms with Gasteiger partial charge in [-0.25, -0.2) is 0 Å². The highest BCUT2D eigenvalue weighted by Gasteiger charge is 2.21. The summed E-state index contributed by atoms with van der Waals surface area (Å²) in [5, 5.41) is 0. The topological polar surface area (TPSA) is 32.5 Å². The molecule has 1 unspecified atom stereocenters. The van der Waals surface area contributed by atoms with Crippen LogP contribution in [0.4, 0.5) is 5.69 Å². The molecule has 1 aromatic rings. The Morgan fingerprint density at radius 2 is 2.26 bits per heavy atom. The molecule has 0 spiro atoms. The first-order valence-electron chi connectivity index (χ1n) is 6.92. The zero-order valence-electron chi connectivity index (χ0n) is 12.1. The average Bonchev–Trinajstić information content (AvgIpc) is 2.74. The van der Waals surface area contributed by atoms with E-state index in [2.05, 4.69) is 58.0 Å². The molecule has 4 heteroatoms. The van der Waals surface area contributed by atoms with Gasteiger partial charge < -0.3 is 15.5 Å². The minimum absolute atomic E-state index is 0.0825. The van der Waals surface area contributed by atoms with Gasteiger partial charge in [0.15, 0.2) is 0 Å². The van der Waals surface area contributed by atoms with E-state index < -0.39 is 0 Å². The Bertz CT molecular complexity index is 433. The summed E-state index contributed by atoms with van der Waals surface area (Å²) < 4.78 is 1.14. The molecule has 2 rings (SSSR count). The quantitative estimate of drug-likeness (QED) is 0.923. The van der Waals surface area contributed by atoms with Crippen LogP contribution in [0.25, 0.3) is 0 Å². The molecule has 106 valence electrons. The Labute approximate surface area is 124 Å². The normalized spacial score (nSPS) is 21.6. The lowest BCUT2D eigenvalue weighted by molar-refractivity contribution is 0.396. The summed E-state index contributed by atoms with van der Waals surface area (Å²) in [6.07, 6.45) is 1.30. The van der Waals surface area contributed by atoms with E-state index in [1.54, 1.807) is 0 Å². The van der Waals surface area contributed by atoms with Crippen molar-refractivity contribution in [2.24, 2.45) is 11.7 Å². The largest absolute Gasteiger partial charge is 0.373 e. The van der Waals surface area contributed by atoms with Crippen molar-refractivity contribution in [2.75, 3.05) is 38.6 Å². The van der Waals surface area contributed by atoms with Crippen molar-refractivity contribution in [2.45, 2.75) is 19.4 Å². The van der Waals surface area contributed by atoms with Crippen LogP contribution in [0.1, 0.15) is 24.9 Å². The first kappa shape index (κ1) is 14.8. The lowest BCUT2D eigenvalue weighted by Crippen LogP contribution is -2.27. The van der Waals surface area contributed by atoms with E-state index in [9.17, 15) is 0 Å². The summed E-state index contributed by atoms with van der Waals surface area (Å²) in [7, 11) is 4.37. The van der Waals surface area contributed by atoms with Gasteiger partial charge in [-0.3, -0.25) is 0 Å². The molecule has 0 bridgehead atoms. The second-order valence-electron chi connectivity index (χ2n) is 5.80. The average molecular weight is 326 g/mol. The SMILES string of the molecule is C[C@@H](N)c1ccc(N(C)CC2CCN(C)C2)c(Br)c1. The molecule has 1 saturated heterocycles. The minimum atomic E-state index is 0.0825. The Hall–Kier alpha value is -0.580. The Morgan fingerprint density at radius 1 is 1.53 bits per heavy atom. The molecule has 1 aliphatic rings. The number of anilines is 1. The maximum absolute atomic E-state index is 5.92. The summed E-state index contributed by atoms with van der Waals surface area (Å²) in [6, 6.07) is 6.51. The van der Waals surface area contributed by atoms with Crippen molar-refractivity contribution < 1.29 is 0 Å². The van der Waals surface area contributed by atoms with Crippen LogP contribution in [0.15, 0.2) is 22.7 Å². The number of hydrogen-bond acceptors (Lipinski definition) is 3.